The van der Waals surface area contributed by atoms with E-state index in [0.29, 0.717) is 5.88 Å². The number of benzene rings is 2. The lowest BCUT2D eigenvalue weighted by atomic mass is 10.1. The summed E-state index contributed by atoms with van der Waals surface area (Å²) in [5.74, 6) is 2.03. The second kappa shape index (κ2) is 5.78. The number of aromatic nitrogens is 2. The molecule has 3 nitrogen and oxygen atoms in total. The summed E-state index contributed by atoms with van der Waals surface area (Å²) in [5, 5.41) is 0. The Kier molecular flexibility index (Phi) is 3.84. The Morgan fingerprint density at radius 3 is 2.76 bits per heavy atom. The smallest absolute Gasteiger partial charge is 0.129 e. The summed E-state index contributed by atoms with van der Waals surface area (Å²) in [6.45, 7) is 2.15. The molecule has 0 aliphatic heterocycles. The van der Waals surface area contributed by atoms with Gasteiger partial charge in [-0.3, -0.25) is 4.57 Å². The van der Waals surface area contributed by atoms with Crippen LogP contribution in [0.3, 0.4) is 0 Å². The number of halogens is 1. The average Bonchev–Trinajstić information content (AvgIpc) is 2.92. The lowest BCUT2D eigenvalue weighted by Gasteiger charge is -2.10. The molecule has 0 radical (unpaired) electrons. The van der Waals surface area contributed by atoms with Gasteiger partial charge in [-0.05, 0) is 36.2 Å². The molecular formula is C17H17ClN2O. The van der Waals surface area contributed by atoms with E-state index in [9.17, 15) is 0 Å². The Hall–Kier alpha value is -2.00. The van der Waals surface area contributed by atoms with Crippen molar-refractivity contribution in [3.8, 4) is 11.4 Å². The molecule has 108 valence electrons. The molecule has 4 heteroatoms. The van der Waals surface area contributed by atoms with Gasteiger partial charge < -0.3 is 4.74 Å². The molecule has 1 heterocycles. The third-order valence-corrected chi connectivity index (χ3v) is 3.87. The van der Waals surface area contributed by atoms with Gasteiger partial charge in [0.25, 0.3) is 0 Å². The summed E-state index contributed by atoms with van der Waals surface area (Å²) in [5.41, 5.74) is 4.31. The fraction of sp³-hybridized carbons (Fsp3) is 0.235. The molecule has 21 heavy (non-hydrogen) atoms. The molecule has 2 aromatic carbocycles. The summed E-state index contributed by atoms with van der Waals surface area (Å²) in [6.07, 6.45) is 1.000. The van der Waals surface area contributed by atoms with Crippen molar-refractivity contribution in [2.24, 2.45) is 0 Å². The maximum absolute atomic E-state index is 6.09. The predicted molar refractivity (Wildman–Crippen MR) is 86.6 cm³/mol. The highest BCUT2D eigenvalue weighted by molar-refractivity contribution is 6.17. The molecule has 0 N–H and O–H groups in total. The van der Waals surface area contributed by atoms with Crippen molar-refractivity contribution in [2.75, 3.05) is 7.11 Å². The first-order chi connectivity index (χ1) is 10.3. The molecule has 0 fully saturated rings. The predicted octanol–water partition coefficient (Wildman–Crippen LogP) is 4.34. The highest BCUT2D eigenvalue weighted by atomic mass is 35.5. The van der Waals surface area contributed by atoms with Crippen molar-refractivity contribution in [1.29, 1.82) is 0 Å². The Bertz CT molecular complexity index is 780. The van der Waals surface area contributed by atoms with Gasteiger partial charge in [-0.1, -0.05) is 19.1 Å². The molecule has 3 aromatic rings. The number of nitrogens with zero attached hydrogens (tertiary/aromatic N) is 2. The van der Waals surface area contributed by atoms with E-state index in [1.54, 1.807) is 7.11 Å². The van der Waals surface area contributed by atoms with Gasteiger partial charge in [0.05, 0.1) is 24.0 Å². The maximum atomic E-state index is 6.09. The van der Waals surface area contributed by atoms with Crippen LogP contribution >= 0.6 is 11.6 Å². The Labute approximate surface area is 129 Å². The van der Waals surface area contributed by atoms with Crippen LogP contribution in [0.2, 0.25) is 0 Å². The number of aryl methyl sites for hydroxylation is 1. The molecule has 3 rings (SSSR count). The topological polar surface area (TPSA) is 27.1 Å². The average molecular weight is 301 g/mol. The van der Waals surface area contributed by atoms with Gasteiger partial charge in [0.2, 0.25) is 0 Å². The van der Waals surface area contributed by atoms with Crippen LogP contribution in [0.5, 0.6) is 5.75 Å². The second-order valence-corrected chi connectivity index (χ2v) is 5.14. The van der Waals surface area contributed by atoms with E-state index in [2.05, 4.69) is 40.7 Å². The zero-order chi connectivity index (χ0) is 14.8. The zero-order valence-corrected chi connectivity index (χ0v) is 12.9. The standard InChI is InChI=1S/C17H17ClN2O/c1-3-12-5-4-6-13(9-12)20-16-10-14(21-2)7-8-15(16)19-17(20)11-18/h4-10H,3,11H2,1-2H3. The number of imidazole rings is 1. The lowest BCUT2D eigenvalue weighted by Crippen LogP contribution is -2.00. The van der Waals surface area contributed by atoms with E-state index in [4.69, 9.17) is 16.3 Å². The summed E-state index contributed by atoms with van der Waals surface area (Å²) in [4.78, 5) is 4.61. The third kappa shape index (κ3) is 2.49. The van der Waals surface area contributed by atoms with Crippen molar-refractivity contribution >= 4 is 22.6 Å². The summed E-state index contributed by atoms with van der Waals surface area (Å²) < 4.78 is 7.43. The summed E-state index contributed by atoms with van der Waals surface area (Å²) in [6, 6.07) is 14.3. The Morgan fingerprint density at radius 1 is 1.19 bits per heavy atom. The van der Waals surface area contributed by atoms with E-state index in [0.717, 1.165) is 34.7 Å². The van der Waals surface area contributed by atoms with Crippen molar-refractivity contribution in [1.82, 2.24) is 9.55 Å². The molecule has 0 bridgehead atoms. The SMILES string of the molecule is CCc1cccc(-n2c(CCl)nc3ccc(OC)cc32)c1. The van der Waals surface area contributed by atoms with Crippen molar-refractivity contribution in [2.45, 2.75) is 19.2 Å². The number of alkyl halides is 1. The number of fused-ring (bicyclic) bond motifs is 1. The molecule has 0 unspecified atom stereocenters. The first kappa shape index (κ1) is 14.0. The monoisotopic (exact) mass is 300 g/mol. The molecule has 1 aromatic heterocycles. The van der Waals surface area contributed by atoms with E-state index in [1.807, 2.05) is 18.2 Å². The maximum Gasteiger partial charge on any atom is 0.129 e. The van der Waals surface area contributed by atoms with Gasteiger partial charge in [-0.15, -0.1) is 11.6 Å². The lowest BCUT2D eigenvalue weighted by molar-refractivity contribution is 0.415. The van der Waals surface area contributed by atoms with Crippen LogP contribution in [0.1, 0.15) is 18.3 Å². The van der Waals surface area contributed by atoms with Gasteiger partial charge in [-0.25, -0.2) is 4.98 Å². The third-order valence-electron chi connectivity index (χ3n) is 3.63. The van der Waals surface area contributed by atoms with E-state index >= 15 is 0 Å². The number of ether oxygens (including phenoxy) is 1. The minimum absolute atomic E-state index is 0.368. The van der Waals surface area contributed by atoms with Crippen molar-refractivity contribution < 1.29 is 4.74 Å². The van der Waals surface area contributed by atoms with Crippen molar-refractivity contribution in [3.63, 3.8) is 0 Å². The largest absolute Gasteiger partial charge is 0.497 e. The van der Waals surface area contributed by atoms with E-state index in [-0.39, 0.29) is 0 Å². The highest BCUT2D eigenvalue weighted by Gasteiger charge is 2.12. The van der Waals surface area contributed by atoms with Crippen LogP contribution in [-0.4, -0.2) is 16.7 Å². The van der Waals surface area contributed by atoms with Crippen LogP contribution < -0.4 is 4.74 Å². The van der Waals surface area contributed by atoms with Crippen LogP contribution in [0.4, 0.5) is 0 Å². The number of hydrogen-bond acceptors (Lipinski definition) is 2. The molecule has 0 atom stereocenters. The molecule has 0 saturated carbocycles. The Morgan fingerprint density at radius 2 is 2.05 bits per heavy atom. The Balaban J connectivity index is 2.27. The molecule has 0 spiro atoms. The summed E-state index contributed by atoms with van der Waals surface area (Å²) >= 11 is 6.09. The van der Waals surface area contributed by atoms with Gasteiger partial charge in [0, 0.05) is 11.8 Å². The highest BCUT2D eigenvalue weighted by Crippen LogP contribution is 2.26. The quantitative estimate of drug-likeness (QED) is 0.670. The fourth-order valence-electron chi connectivity index (χ4n) is 2.53. The first-order valence-electron chi connectivity index (χ1n) is 6.97. The second-order valence-electron chi connectivity index (χ2n) is 4.88. The molecule has 0 aliphatic rings. The summed E-state index contributed by atoms with van der Waals surface area (Å²) in [7, 11) is 1.67. The van der Waals surface area contributed by atoms with Crippen molar-refractivity contribution in [3.05, 3.63) is 53.9 Å². The van der Waals surface area contributed by atoms with Crippen LogP contribution in [0.25, 0.3) is 16.7 Å². The number of rotatable bonds is 4. The van der Waals surface area contributed by atoms with Gasteiger partial charge in [0.1, 0.15) is 11.6 Å². The normalized spacial score (nSPS) is 11.0. The van der Waals surface area contributed by atoms with E-state index in [1.165, 1.54) is 5.56 Å². The number of methoxy groups -OCH3 is 1. The van der Waals surface area contributed by atoms with Gasteiger partial charge >= 0.3 is 0 Å². The van der Waals surface area contributed by atoms with Crippen LogP contribution in [0.15, 0.2) is 42.5 Å². The molecular weight excluding hydrogens is 284 g/mol. The van der Waals surface area contributed by atoms with Crippen LogP contribution in [0, 0.1) is 0 Å². The number of hydrogen-bond donors (Lipinski definition) is 0. The van der Waals surface area contributed by atoms with Crippen LogP contribution in [-0.2, 0) is 12.3 Å². The first-order valence-corrected chi connectivity index (χ1v) is 7.51. The van der Waals surface area contributed by atoms with Gasteiger partial charge in [-0.2, -0.15) is 0 Å². The zero-order valence-electron chi connectivity index (χ0n) is 12.1. The molecule has 0 amide bonds. The van der Waals surface area contributed by atoms with Gasteiger partial charge in [0.15, 0.2) is 0 Å². The molecule has 0 saturated heterocycles. The minimum Gasteiger partial charge on any atom is -0.497 e. The van der Waals surface area contributed by atoms with E-state index < -0.39 is 0 Å². The minimum atomic E-state index is 0.368. The fourth-order valence-corrected chi connectivity index (χ4v) is 2.70. The molecule has 0 aliphatic carbocycles.